The fourth-order valence-electron chi connectivity index (χ4n) is 2.34. The van der Waals surface area contributed by atoms with Gasteiger partial charge in [0.2, 0.25) is 5.91 Å². The van der Waals surface area contributed by atoms with Crippen LogP contribution in [0.5, 0.6) is 0 Å². The normalized spacial score (nSPS) is 11.0. The van der Waals surface area contributed by atoms with Crippen molar-refractivity contribution in [1.29, 1.82) is 0 Å². The molecule has 0 spiro atoms. The lowest BCUT2D eigenvalue weighted by Crippen LogP contribution is -3.00. The highest BCUT2D eigenvalue weighted by molar-refractivity contribution is 5.75. The molecule has 1 N–H and O–H groups in total. The van der Waals surface area contributed by atoms with Crippen molar-refractivity contribution in [2.45, 2.75) is 72.1 Å². The molecule has 0 unspecified atom stereocenters. The van der Waals surface area contributed by atoms with Crippen LogP contribution in [0.25, 0.3) is 0 Å². The van der Waals surface area contributed by atoms with Crippen LogP contribution in [0.1, 0.15) is 72.1 Å². The van der Waals surface area contributed by atoms with Crippen molar-refractivity contribution in [3.63, 3.8) is 0 Å². The molecule has 0 aliphatic carbocycles. The molecule has 4 heteroatoms. The quantitative estimate of drug-likeness (QED) is 0.270. The molecule has 0 radical (unpaired) electrons. The van der Waals surface area contributed by atoms with E-state index in [0.29, 0.717) is 6.42 Å². The Morgan fingerprint density at radius 3 is 1.95 bits per heavy atom. The predicted octanol–water partition coefficient (Wildman–Crippen LogP) is 0.734. The second-order valence-corrected chi connectivity index (χ2v) is 6.20. The Labute approximate surface area is 149 Å². The van der Waals surface area contributed by atoms with E-state index in [1.165, 1.54) is 38.5 Å². The van der Waals surface area contributed by atoms with Crippen molar-refractivity contribution in [3.05, 3.63) is 0 Å². The molecule has 0 heterocycles. The SMILES string of the molecule is CCCCCCCCCC(=O)NCC[N+](C)(CC)CC.[I-]. The molecule has 0 atom stereocenters. The van der Waals surface area contributed by atoms with Crippen molar-refractivity contribution in [2.75, 3.05) is 33.2 Å². The lowest BCUT2D eigenvalue weighted by molar-refractivity contribution is -0.904. The van der Waals surface area contributed by atoms with Crippen LogP contribution in [-0.4, -0.2) is 43.6 Å². The second kappa shape index (κ2) is 15.1. The van der Waals surface area contributed by atoms with Gasteiger partial charge in [-0.05, 0) is 20.3 Å². The lowest BCUT2D eigenvalue weighted by Gasteiger charge is -2.32. The van der Waals surface area contributed by atoms with Crippen LogP contribution in [0.3, 0.4) is 0 Å². The number of carbonyl (C=O) groups is 1. The Morgan fingerprint density at radius 1 is 0.905 bits per heavy atom. The van der Waals surface area contributed by atoms with Gasteiger partial charge in [0.05, 0.1) is 33.2 Å². The molecular weight excluding hydrogens is 375 g/mol. The van der Waals surface area contributed by atoms with Gasteiger partial charge in [0.25, 0.3) is 0 Å². The first-order chi connectivity index (χ1) is 9.58. The van der Waals surface area contributed by atoms with E-state index in [4.69, 9.17) is 0 Å². The highest BCUT2D eigenvalue weighted by Gasteiger charge is 2.15. The second-order valence-electron chi connectivity index (χ2n) is 6.20. The first-order valence-corrected chi connectivity index (χ1v) is 8.68. The molecule has 0 aliphatic heterocycles. The van der Waals surface area contributed by atoms with E-state index in [9.17, 15) is 4.79 Å². The molecule has 0 rings (SSSR count). The first-order valence-electron chi connectivity index (χ1n) is 8.68. The van der Waals surface area contributed by atoms with Gasteiger partial charge in [0.15, 0.2) is 0 Å². The van der Waals surface area contributed by atoms with Crippen molar-refractivity contribution in [1.82, 2.24) is 5.32 Å². The summed E-state index contributed by atoms with van der Waals surface area (Å²) in [7, 11) is 2.25. The smallest absolute Gasteiger partial charge is 0.220 e. The predicted molar refractivity (Wildman–Crippen MR) is 87.8 cm³/mol. The Morgan fingerprint density at radius 2 is 1.43 bits per heavy atom. The number of nitrogens with zero attached hydrogens (tertiary/aromatic N) is 1. The van der Waals surface area contributed by atoms with Gasteiger partial charge in [-0.2, -0.15) is 0 Å². The van der Waals surface area contributed by atoms with Crippen LogP contribution in [0.15, 0.2) is 0 Å². The van der Waals surface area contributed by atoms with Gasteiger partial charge < -0.3 is 33.8 Å². The van der Waals surface area contributed by atoms with Crippen LogP contribution in [0.4, 0.5) is 0 Å². The highest BCUT2D eigenvalue weighted by atomic mass is 127. The van der Waals surface area contributed by atoms with Crippen molar-refractivity contribution in [2.24, 2.45) is 0 Å². The van der Waals surface area contributed by atoms with Gasteiger partial charge in [-0.3, -0.25) is 4.79 Å². The number of unbranched alkanes of at least 4 members (excludes halogenated alkanes) is 6. The number of halogens is 1. The van der Waals surface area contributed by atoms with Crippen molar-refractivity contribution >= 4 is 5.91 Å². The molecule has 0 saturated heterocycles. The van der Waals surface area contributed by atoms with Crippen LogP contribution in [-0.2, 0) is 4.79 Å². The monoisotopic (exact) mass is 412 g/mol. The number of amides is 1. The largest absolute Gasteiger partial charge is 1.00 e. The fraction of sp³-hybridized carbons (Fsp3) is 0.941. The molecule has 0 aromatic carbocycles. The Balaban J connectivity index is 0. The summed E-state index contributed by atoms with van der Waals surface area (Å²) in [5.74, 6) is 0.234. The van der Waals surface area contributed by atoms with E-state index >= 15 is 0 Å². The average Bonchev–Trinajstić information content (AvgIpc) is 2.46. The minimum absolute atomic E-state index is 0. The molecule has 0 bridgehead atoms. The summed E-state index contributed by atoms with van der Waals surface area (Å²) in [4.78, 5) is 11.7. The summed E-state index contributed by atoms with van der Waals surface area (Å²) >= 11 is 0. The van der Waals surface area contributed by atoms with Crippen molar-refractivity contribution < 1.29 is 33.3 Å². The number of likely N-dealkylation sites (N-methyl/N-ethyl adjacent to an activating group) is 1. The highest BCUT2D eigenvalue weighted by Crippen LogP contribution is 2.08. The number of carbonyl (C=O) groups excluding carboxylic acids is 1. The Kier molecular flexibility index (Phi) is 16.8. The topological polar surface area (TPSA) is 29.1 Å². The summed E-state index contributed by atoms with van der Waals surface area (Å²) in [6.07, 6.45) is 9.58. The Bertz CT molecular complexity index is 243. The van der Waals surface area contributed by atoms with E-state index in [2.05, 4.69) is 33.1 Å². The summed E-state index contributed by atoms with van der Waals surface area (Å²) in [5.41, 5.74) is 0. The third-order valence-electron chi connectivity index (χ3n) is 4.51. The molecule has 0 aromatic rings. The molecule has 3 nitrogen and oxygen atoms in total. The molecular formula is C17H37IN2O. The summed E-state index contributed by atoms with van der Waals surface area (Å²) < 4.78 is 1.04. The number of hydrogen-bond acceptors (Lipinski definition) is 1. The first kappa shape index (κ1) is 23.4. The lowest BCUT2D eigenvalue weighted by atomic mass is 10.1. The van der Waals surface area contributed by atoms with Gasteiger partial charge in [-0.25, -0.2) is 0 Å². The third kappa shape index (κ3) is 13.5. The van der Waals surface area contributed by atoms with Crippen LogP contribution < -0.4 is 29.3 Å². The average molecular weight is 412 g/mol. The maximum absolute atomic E-state index is 11.7. The Hall–Kier alpha value is 0.160. The minimum atomic E-state index is 0. The van der Waals surface area contributed by atoms with E-state index in [-0.39, 0.29) is 29.9 Å². The van der Waals surface area contributed by atoms with E-state index in [0.717, 1.165) is 37.1 Å². The van der Waals surface area contributed by atoms with Gasteiger partial charge in [-0.15, -0.1) is 0 Å². The maximum atomic E-state index is 11.7. The number of quaternary nitrogens is 1. The molecule has 0 aromatic heterocycles. The van der Waals surface area contributed by atoms with Gasteiger partial charge >= 0.3 is 0 Å². The van der Waals surface area contributed by atoms with Gasteiger partial charge in [-0.1, -0.05) is 45.4 Å². The zero-order chi connectivity index (χ0) is 15.3. The number of hydrogen-bond donors (Lipinski definition) is 1. The summed E-state index contributed by atoms with van der Waals surface area (Å²) in [6, 6.07) is 0. The van der Waals surface area contributed by atoms with Gasteiger partial charge in [0, 0.05) is 6.42 Å². The molecule has 0 aliphatic rings. The zero-order valence-corrected chi connectivity index (χ0v) is 16.9. The molecule has 0 saturated carbocycles. The molecule has 0 fully saturated rings. The fourth-order valence-corrected chi connectivity index (χ4v) is 2.34. The third-order valence-corrected chi connectivity index (χ3v) is 4.51. The summed E-state index contributed by atoms with van der Waals surface area (Å²) in [5, 5.41) is 3.06. The van der Waals surface area contributed by atoms with Gasteiger partial charge in [0.1, 0.15) is 0 Å². The maximum Gasteiger partial charge on any atom is 0.220 e. The van der Waals surface area contributed by atoms with Crippen LogP contribution >= 0.6 is 0 Å². The molecule has 21 heavy (non-hydrogen) atoms. The van der Waals surface area contributed by atoms with Crippen molar-refractivity contribution in [3.8, 4) is 0 Å². The van der Waals surface area contributed by atoms with E-state index in [1.54, 1.807) is 0 Å². The number of nitrogens with one attached hydrogen (secondary N) is 1. The van der Waals surface area contributed by atoms with E-state index in [1.807, 2.05) is 0 Å². The van der Waals surface area contributed by atoms with Crippen LogP contribution in [0, 0.1) is 0 Å². The van der Waals surface area contributed by atoms with Crippen LogP contribution in [0.2, 0.25) is 0 Å². The molecule has 1 amide bonds. The number of rotatable bonds is 13. The zero-order valence-electron chi connectivity index (χ0n) is 14.7. The molecule has 128 valence electrons. The minimum Gasteiger partial charge on any atom is -1.00 e. The van der Waals surface area contributed by atoms with E-state index < -0.39 is 0 Å². The summed E-state index contributed by atoms with van der Waals surface area (Å²) in [6.45, 7) is 10.8. The standard InChI is InChI=1S/C17H36N2O.HI/c1-5-8-9-10-11-12-13-14-17(20)18-15-16-19(4,6-2)7-3;/h5-16H2,1-4H3;1H.